The Kier molecular flexibility index (Phi) is 4.79. The molecule has 0 fully saturated rings. The molecule has 0 spiro atoms. The second kappa shape index (κ2) is 6.56. The van der Waals surface area contributed by atoms with Crippen molar-refractivity contribution in [2.75, 3.05) is 19.0 Å². The number of anilines is 1. The van der Waals surface area contributed by atoms with E-state index < -0.39 is 0 Å². The highest BCUT2D eigenvalue weighted by Gasteiger charge is 2.09. The zero-order valence-electron chi connectivity index (χ0n) is 11.9. The van der Waals surface area contributed by atoms with Crippen molar-refractivity contribution in [2.24, 2.45) is 0 Å². The van der Waals surface area contributed by atoms with Crippen LogP contribution in [0.1, 0.15) is 17.8 Å². The second-order valence-corrected chi connectivity index (χ2v) is 4.83. The van der Waals surface area contributed by atoms with E-state index in [0.717, 1.165) is 25.2 Å². The Morgan fingerprint density at radius 2 is 2.15 bits per heavy atom. The van der Waals surface area contributed by atoms with E-state index in [2.05, 4.69) is 33.4 Å². The zero-order chi connectivity index (χ0) is 14.5. The molecule has 20 heavy (non-hydrogen) atoms. The van der Waals surface area contributed by atoms with Gasteiger partial charge in [0.2, 0.25) is 0 Å². The van der Waals surface area contributed by atoms with E-state index in [1.54, 1.807) is 7.11 Å². The number of aryl methyl sites for hydroxylation is 3. The Morgan fingerprint density at radius 1 is 1.35 bits per heavy atom. The third kappa shape index (κ3) is 3.39. The molecular weight excluding hydrogens is 278 g/mol. The van der Waals surface area contributed by atoms with Crippen molar-refractivity contribution in [3.05, 3.63) is 28.9 Å². The number of nitrogens with zero attached hydrogens (tertiary/aromatic N) is 4. The summed E-state index contributed by atoms with van der Waals surface area (Å²) >= 11 is 5.93. The quantitative estimate of drug-likeness (QED) is 0.655. The molecular formula is C13H18ClN5O. The molecule has 7 heteroatoms. The number of ether oxygens (including phenoxy) is 1. The average Bonchev–Trinajstić information content (AvgIpc) is 2.73. The molecule has 0 aromatic carbocycles. The van der Waals surface area contributed by atoms with Gasteiger partial charge in [-0.3, -0.25) is 4.68 Å². The fraction of sp³-hybridized carbons (Fsp3) is 0.462. The maximum Gasteiger partial charge on any atom is 0.198 e. The van der Waals surface area contributed by atoms with Gasteiger partial charge in [0.05, 0.1) is 12.8 Å². The van der Waals surface area contributed by atoms with Crippen LogP contribution in [0.5, 0.6) is 5.75 Å². The van der Waals surface area contributed by atoms with E-state index in [0.29, 0.717) is 16.7 Å². The summed E-state index contributed by atoms with van der Waals surface area (Å²) < 4.78 is 7.18. The molecule has 0 radical (unpaired) electrons. The maximum atomic E-state index is 5.93. The van der Waals surface area contributed by atoms with Gasteiger partial charge in [-0.25, -0.2) is 9.97 Å². The van der Waals surface area contributed by atoms with E-state index >= 15 is 0 Å². The lowest BCUT2D eigenvalue weighted by Crippen LogP contribution is -2.10. The summed E-state index contributed by atoms with van der Waals surface area (Å²) in [7, 11) is 1.55. The van der Waals surface area contributed by atoms with Crippen molar-refractivity contribution in [1.29, 1.82) is 0 Å². The standard InChI is InChI=1S/C13H18ClN5O/c1-9-7-10(2)19(18-9)6-4-5-15-13-11(20-3)12(14)16-8-17-13/h7-8H,4-6H2,1-3H3,(H,15,16,17). The number of halogens is 1. The van der Waals surface area contributed by atoms with Crippen LogP contribution in [-0.2, 0) is 6.54 Å². The van der Waals surface area contributed by atoms with Crippen LogP contribution in [0.2, 0.25) is 5.15 Å². The third-order valence-electron chi connectivity index (χ3n) is 2.91. The molecule has 108 valence electrons. The summed E-state index contributed by atoms with van der Waals surface area (Å²) in [5.41, 5.74) is 2.21. The van der Waals surface area contributed by atoms with Gasteiger partial charge in [0, 0.05) is 18.8 Å². The molecule has 0 aliphatic rings. The lowest BCUT2D eigenvalue weighted by Gasteiger charge is -2.10. The normalized spacial score (nSPS) is 10.6. The Labute approximate surface area is 123 Å². The van der Waals surface area contributed by atoms with Crippen molar-refractivity contribution < 1.29 is 4.74 Å². The first-order chi connectivity index (χ1) is 9.61. The zero-order valence-corrected chi connectivity index (χ0v) is 12.6. The summed E-state index contributed by atoms with van der Waals surface area (Å²) in [6, 6.07) is 2.07. The molecule has 0 aliphatic heterocycles. The molecule has 0 saturated heterocycles. The fourth-order valence-electron chi connectivity index (χ4n) is 2.00. The minimum Gasteiger partial charge on any atom is -0.490 e. The minimum absolute atomic E-state index is 0.309. The second-order valence-electron chi connectivity index (χ2n) is 4.48. The molecule has 0 saturated carbocycles. The van der Waals surface area contributed by atoms with Crippen LogP contribution in [-0.4, -0.2) is 33.4 Å². The van der Waals surface area contributed by atoms with Crippen LogP contribution in [0.4, 0.5) is 5.82 Å². The Hall–Kier alpha value is -1.82. The lowest BCUT2D eigenvalue weighted by atomic mass is 10.3. The summed E-state index contributed by atoms with van der Waals surface area (Å²) in [5, 5.41) is 7.93. The topological polar surface area (TPSA) is 64.9 Å². The molecule has 6 nitrogen and oxygen atoms in total. The highest BCUT2D eigenvalue weighted by atomic mass is 35.5. The van der Waals surface area contributed by atoms with Gasteiger partial charge in [0.15, 0.2) is 16.7 Å². The Morgan fingerprint density at radius 3 is 2.80 bits per heavy atom. The molecule has 0 amide bonds. The number of hydrogen-bond donors (Lipinski definition) is 1. The number of nitrogens with one attached hydrogen (secondary N) is 1. The van der Waals surface area contributed by atoms with Gasteiger partial charge in [0.1, 0.15) is 6.33 Å². The van der Waals surface area contributed by atoms with Crippen molar-refractivity contribution >= 4 is 17.4 Å². The van der Waals surface area contributed by atoms with Gasteiger partial charge in [0.25, 0.3) is 0 Å². The predicted molar refractivity (Wildman–Crippen MR) is 78.4 cm³/mol. The van der Waals surface area contributed by atoms with Crippen LogP contribution in [0.3, 0.4) is 0 Å². The van der Waals surface area contributed by atoms with E-state index in [1.165, 1.54) is 12.0 Å². The highest BCUT2D eigenvalue weighted by molar-refractivity contribution is 6.31. The summed E-state index contributed by atoms with van der Waals surface area (Å²) in [6.45, 7) is 5.66. The van der Waals surface area contributed by atoms with Crippen LogP contribution in [0.15, 0.2) is 12.4 Å². The molecule has 0 unspecified atom stereocenters. The number of hydrogen-bond acceptors (Lipinski definition) is 5. The van der Waals surface area contributed by atoms with E-state index in [1.807, 2.05) is 11.6 Å². The van der Waals surface area contributed by atoms with E-state index in [9.17, 15) is 0 Å². The maximum absolute atomic E-state index is 5.93. The van der Waals surface area contributed by atoms with Gasteiger partial charge < -0.3 is 10.1 Å². The van der Waals surface area contributed by atoms with Gasteiger partial charge in [-0.1, -0.05) is 11.6 Å². The first-order valence-electron chi connectivity index (χ1n) is 6.41. The predicted octanol–water partition coefficient (Wildman–Crippen LogP) is 2.45. The monoisotopic (exact) mass is 295 g/mol. The lowest BCUT2D eigenvalue weighted by molar-refractivity contribution is 0.413. The van der Waals surface area contributed by atoms with Crippen LogP contribution in [0.25, 0.3) is 0 Å². The molecule has 2 heterocycles. The molecule has 0 aliphatic carbocycles. The van der Waals surface area contributed by atoms with Gasteiger partial charge >= 0.3 is 0 Å². The van der Waals surface area contributed by atoms with Crippen LogP contribution in [0, 0.1) is 13.8 Å². The minimum atomic E-state index is 0.309. The molecule has 0 atom stereocenters. The molecule has 1 N–H and O–H groups in total. The Balaban J connectivity index is 1.87. The fourth-order valence-corrected chi connectivity index (χ4v) is 2.21. The molecule has 2 rings (SSSR count). The summed E-state index contributed by atoms with van der Waals surface area (Å²) in [4.78, 5) is 8.00. The largest absolute Gasteiger partial charge is 0.490 e. The van der Waals surface area contributed by atoms with Crippen LogP contribution >= 0.6 is 11.6 Å². The van der Waals surface area contributed by atoms with Crippen molar-refractivity contribution in [2.45, 2.75) is 26.8 Å². The van der Waals surface area contributed by atoms with Gasteiger partial charge in [-0.15, -0.1) is 0 Å². The van der Waals surface area contributed by atoms with Gasteiger partial charge in [-0.05, 0) is 26.3 Å². The summed E-state index contributed by atoms with van der Waals surface area (Å²) in [5.74, 6) is 1.08. The third-order valence-corrected chi connectivity index (χ3v) is 3.18. The number of rotatable bonds is 6. The van der Waals surface area contributed by atoms with Crippen molar-refractivity contribution in [3.8, 4) is 5.75 Å². The molecule has 2 aromatic rings. The molecule has 2 aromatic heterocycles. The first kappa shape index (κ1) is 14.6. The smallest absolute Gasteiger partial charge is 0.198 e. The van der Waals surface area contributed by atoms with Gasteiger partial charge in [-0.2, -0.15) is 5.10 Å². The first-order valence-corrected chi connectivity index (χ1v) is 6.79. The van der Waals surface area contributed by atoms with E-state index in [-0.39, 0.29) is 0 Å². The number of methoxy groups -OCH3 is 1. The number of aromatic nitrogens is 4. The van der Waals surface area contributed by atoms with Crippen molar-refractivity contribution in [3.63, 3.8) is 0 Å². The van der Waals surface area contributed by atoms with E-state index in [4.69, 9.17) is 16.3 Å². The average molecular weight is 296 g/mol. The Bertz CT molecular complexity index is 584. The highest BCUT2D eigenvalue weighted by Crippen LogP contribution is 2.28. The van der Waals surface area contributed by atoms with Crippen molar-refractivity contribution in [1.82, 2.24) is 19.7 Å². The summed E-state index contributed by atoms with van der Waals surface area (Å²) in [6.07, 6.45) is 2.33. The van der Waals surface area contributed by atoms with Crippen LogP contribution < -0.4 is 10.1 Å². The SMILES string of the molecule is COc1c(Cl)ncnc1NCCCn1nc(C)cc1C. The molecule has 0 bridgehead atoms.